The third-order valence-corrected chi connectivity index (χ3v) is 3.21. The van der Waals surface area contributed by atoms with Crippen molar-refractivity contribution in [2.24, 2.45) is 0 Å². The molecule has 0 saturated heterocycles. The van der Waals surface area contributed by atoms with Crippen molar-refractivity contribution >= 4 is 16.7 Å². The third-order valence-electron chi connectivity index (χ3n) is 2.63. The average Bonchev–Trinajstić information content (AvgIpc) is 2.81. The molecular weight excluding hydrogens is 246 g/mol. The Labute approximate surface area is 111 Å². The fourth-order valence-electron chi connectivity index (χ4n) is 1.89. The first-order chi connectivity index (χ1) is 8.61. The van der Waals surface area contributed by atoms with E-state index in [2.05, 4.69) is 34.6 Å². The van der Waals surface area contributed by atoms with E-state index in [1.54, 1.807) is 13.4 Å². The van der Waals surface area contributed by atoms with Gasteiger partial charge in [0.15, 0.2) is 0 Å². The van der Waals surface area contributed by atoms with Gasteiger partial charge in [0, 0.05) is 17.1 Å². The molecule has 1 aromatic heterocycles. The number of hydrogen-bond acceptors (Lipinski definition) is 5. The highest BCUT2D eigenvalue weighted by atomic mass is 32.1. The van der Waals surface area contributed by atoms with Crippen LogP contribution in [0, 0.1) is 0 Å². The van der Waals surface area contributed by atoms with Crippen LogP contribution >= 0.6 is 11.5 Å². The van der Waals surface area contributed by atoms with E-state index >= 15 is 0 Å². The first kappa shape index (κ1) is 12.8. The van der Waals surface area contributed by atoms with Crippen molar-refractivity contribution in [1.29, 1.82) is 0 Å². The second kappa shape index (κ2) is 5.35. The third kappa shape index (κ3) is 3.20. The summed E-state index contributed by atoms with van der Waals surface area (Å²) in [5, 5.41) is 4.23. The number of hydrogen-bond donors (Lipinski definition) is 1. The molecule has 1 N–H and O–H groups in total. The van der Waals surface area contributed by atoms with Crippen LogP contribution in [0.15, 0.2) is 30.6 Å². The van der Waals surface area contributed by atoms with Crippen molar-refractivity contribution in [1.82, 2.24) is 9.36 Å². The highest BCUT2D eigenvalue weighted by Gasteiger charge is 2.21. The normalized spacial score (nSPS) is 11.3. The number of anilines is 1. The van der Waals surface area contributed by atoms with E-state index in [0.29, 0.717) is 0 Å². The van der Waals surface area contributed by atoms with Gasteiger partial charge in [-0.05, 0) is 31.9 Å². The molecule has 0 atom stereocenters. The first-order valence-corrected chi connectivity index (χ1v) is 6.55. The standard InChI is InChI=1S/C13H17N3OS/c1-13(2,16-12-14-9-15-18-12)8-10-6-4-5-7-11(10)17-3/h4-7,9H,8H2,1-3H3,(H,14,15,16). The molecular formula is C13H17N3OS. The highest BCUT2D eigenvalue weighted by Crippen LogP contribution is 2.25. The second-order valence-corrected chi connectivity index (χ2v) is 5.52. The van der Waals surface area contributed by atoms with Crippen molar-refractivity contribution in [2.75, 3.05) is 12.4 Å². The molecule has 0 fully saturated rings. The fraction of sp³-hybridized carbons (Fsp3) is 0.385. The highest BCUT2D eigenvalue weighted by molar-refractivity contribution is 7.09. The molecule has 2 aromatic rings. The van der Waals surface area contributed by atoms with Crippen LogP contribution in [0.4, 0.5) is 5.13 Å². The second-order valence-electron chi connectivity index (χ2n) is 4.74. The van der Waals surface area contributed by atoms with Crippen molar-refractivity contribution in [3.63, 3.8) is 0 Å². The summed E-state index contributed by atoms with van der Waals surface area (Å²) in [5.41, 5.74) is 1.08. The Morgan fingerprint density at radius 2 is 2.11 bits per heavy atom. The average molecular weight is 263 g/mol. The van der Waals surface area contributed by atoms with Crippen molar-refractivity contribution in [3.8, 4) is 5.75 Å². The first-order valence-electron chi connectivity index (χ1n) is 5.77. The Balaban J connectivity index is 2.11. The van der Waals surface area contributed by atoms with Crippen LogP contribution < -0.4 is 10.1 Å². The van der Waals surface area contributed by atoms with Crippen LogP contribution in [-0.4, -0.2) is 22.0 Å². The maximum absolute atomic E-state index is 5.37. The van der Waals surface area contributed by atoms with E-state index < -0.39 is 0 Å². The summed E-state index contributed by atoms with van der Waals surface area (Å²) in [6.07, 6.45) is 2.42. The smallest absolute Gasteiger partial charge is 0.202 e. The van der Waals surface area contributed by atoms with Crippen molar-refractivity contribution in [3.05, 3.63) is 36.2 Å². The van der Waals surface area contributed by atoms with Gasteiger partial charge in [0.05, 0.1) is 7.11 Å². The predicted molar refractivity (Wildman–Crippen MR) is 74.3 cm³/mol. The lowest BCUT2D eigenvalue weighted by Crippen LogP contribution is -2.33. The molecule has 18 heavy (non-hydrogen) atoms. The van der Waals surface area contributed by atoms with Crippen LogP contribution in [0.1, 0.15) is 19.4 Å². The van der Waals surface area contributed by atoms with E-state index in [9.17, 15) is 0 Å². The number of para-hydroxylation sites is 1. The molecule has 0 spiro atoms. The van der Waals surface area contributed by atoms with Gasteiger partial charge in [-0.1, -0.05) is 18.2 Å². The molecule has 5 heteroatoms. The lowest BCUT2D eigenvalue weighted by Gasteiger charge is -2.26. The Morgan fingerprint density at radius 1 is 1.33 bits per heavy atom. The number of benzene rings is 1. The summed E-state index contributed by atoms with van der Waals surface area (Å²) in [4.78, 5) is 4.15. The number of methoxy groups -OCH3 is 1. The summed E-state index contributed by atoms with van der Waals surface area (Å²) in [6, 6.07) is 8.07. The van der Waals surface area contributed by atoms with E-state index in [-0.39, 0.29) is 5.54 Å². The summed E-state index contributed by atoms with van der Waals surface area (Å²) < 4.78 is 9.36. The molecule has 0 saturated carbocycles. The predicted octanol–water partition coefficient (Wildman–Crippen LogP) is 2.98. The Bertz CT molecular complexity index is 497. The molecule has 2 rings (SSSR count). The molecule has 0 aliphatic carbocycles. The lowest BCUT2D eigenvalue weighted by atomic mass is 9.94. The minimum Gasteiger partial charge on any atom is -0.496 e. The van der Waals surface area contributed by atoms with E-state index in [0.717, 1.165) is 17.3 Å². The topological polar surface area (TPSA) is 47.0 Å². The van der Waals surface area contributed by atoms with Gasteiger partial charge in [-0.15, -0.1) is 0 Å². The number of nitrogens with one attached hydrogen (secondary N) is 1. The van der Waals surface area contributed by atoms with Gasteiger partial charge in [-0.2, -0.15) is 4.37 Å². The van der Waals surface area contributed by atoms with E-state index in [1.807, 2.05) is 18.2 Å². The molecule has 0 aliphatic rings. The van der Waals surface area contributed by atoms with Gasteiger partial charge < -0.3 is 10.1 Å². The molecule has 0 amide bonds. The molecule has 96 valence electrons. The fourth-order valence-corrected chi connectivity index (χ4v) is 2.50. The SMILES string of the molecule is COc1ccccc1CC(C)(C)Nc1ncns1. The quantitative estimate of drug-likeness (QED) is 0.901. The van der Waals surface area contributed by atoms with Crippen molar-refractivity contribution in [2.45, 2.75) is 25.8 Å². The van der Waals surface area contributed by atoms with Crippen LogP contribution in [0.25, 0.3) is 0 Å². The zero-order valence-corrected chi connectivity index (χ0v) is 11.6. The summed E-state index contributed by atoms with van der Waals surface area (Å²) in [6.45, 7) is 4.28. The Morgan fingerprint density at radius 3 is 2.78 bits per heavy atom. The number of rotatable bonds is 5. The molecule has 0 unspecified atom stereocenters. The van der Waals surface area contributed by atoms with E-state index in [1.165, 1.54) is 17.1 Å². The van der Waals surface area contributed by atoms with E-state index in [4.69, 9.17) is 4.74 Å². The molecule has 0 radical (unpaired) electrons. The molecule has 1 heterocycles. The maximum atomic E-state index is 5.37. The van der Waals surface area contributed by atoms with Crippen LogP contribution in [0.5, 0.6) is 5.75 Å². The molecule has 4 nitrogen and oxygen atoms in total. The number of ether oxygens (including phenoxy) is 1. The van der Waals surface area contributed by atoms with Gasteiger partial charge in [0.2, 0.25) is 5.13 Å². The Hall–Kier alpha value is -1.62. The number of nitrogens with zero attached hydrogens (tertiary/aromatic N) is 2. The van der Waals surface area contributed by atoms with Crippen LogP contribution in [-0.2, 0) is 6.42 Å². The largest absolute Gasteiger partial charge is 0.496 e. The molecule has 1 aromatic carbocycles. The van der Waals surface area contributed by atoms with Gasteiger partial charge in [0.25, 0.3) is 0 Å². The maximum Gasteiger partial charge on any atom is 0.202 e. The van der Waals surface area contributed by atoms with Crippen LogP contribution in [0.3, 0.4) is 0 Å². The lowest BCUT2D eigenvalue weighted by molar-refractivity contribution is 0.405. The van der Waals surface area contributed by atoms with Crippen molar-refractivity contribution < 1.29 is 4.74 Å². The summed E-state index contributed by atoms with van der Waals surface area (Å²) in [5.74, 6) is 0.921. The molecule has 0 aliphatic heterocycles. The monoisotopic (exact) mass is 263 g/mol. The van der Waals surface area contributed by atoms with Crippen LogP contribution in [0.2, 0.25) is 0 Å². The zero-order valence-electron chi connectivity index (χ0n) is 10.8. The van der Waals surface area contributed by atoms with Gasteiger partial charge in [-0.25, -0.2) is 4.98 Å². The van der Waals surface area contributed by atoms with Gasteiger partial charge in [0.1, 0.15) is 12.1 Å². The zero-order chi connectivity index (χ0) is 13.0. The summed E-state index contributed by atoms with van der Waals surface area (Å²) >= 11 is 1.37. The minimum absolute atomic E-state index is 0.103. The molecule has 0 bridgehead atoms. The minimum atomic E-state index is -0.103. The van der Waals surface area contributed by atoms with Gasteiger partial charge in [-0.3, -0.25) is 0 Å². The Kier molecular flexibility index (Phi) is 3.81. The summed E-state index contributed by atoms with van der Waals surface area (Å²) in [7, 11) is 1.70. The number of aromatic nitrogens is 2. The van der Waals surface area contributed by atoms with Gasteiger partial charge >= 0.3 is 0 Å².